The molecule has 1 saturated carbocycles. The summed E-state index contributed by atoms with van der Waals surface area (Å²) in [6.07, 6.45) is 4.57. The highest BCUT2D eigenvalue weighted by molar-refractivity contribution is 6.30. The Morgan fingerprint density at radius 2 is 1.76 bits per heavy atom. The smallest absolute Gasteiger partial charge is 0.245 e. The van der Waals surface area contributed by atoms with Gasteiger partial charge in [-0.1, -0.05) is 51.4 Å². The van der Waals surface area contributed by atoms with Gasteiger partial charge in [-0.05, 0) is 62.1 Å². The van der Waals surface area contributed by atoms with Gasteiger partial charge in [0.15, 0.2) is 0 Å². The number of carbonyl (C=O) groups excluding carboxylic acids is 3. The van der Waals surface area contributed by atoms with Crippen molar-refractivity contribution in [2.24, 2.45) is 17.3 Å². The Morgan fingerprint density at radius 3 is 2.35 bits per heavy atom. The normalized spacial score (nSPS) is 30.1. The van der Waals surface area contributed by atoms with E-state index in [0.717, 1.165) is 37.8 Å². The summed E-state index contributed by atoms with van der Waals surface area (Å²) < 4.78 is 0. The third-order valence-electron chi connectivity index (χ3n) is 9.25. The van der Waals surface area contributed by atoms with Crippen LogP contribution >= 0.6 is 11.6 Å². The molecule has 4 atom stereocenters. The zero-order valence-electron chi connectivity index (χ0n) is 22.8. The van der Waals surface area contributed by atoms with Crippen LogP contribution in [0.5, 0.6) is 0 Å². The second-order valence-corrected chi connectivity index (χ2v) is 12.9. The van der Waals surface area contributed by atoms with E-state index in [9.17, 15) is 19.5 Å². The average molecular weight is 532 g/mol. The van der Waals surface area contributed by atoms with E-state index < -0.39 is 17.1 Å². The van der Waals surface area contributed by atoms with Gasteiger partial charge in [0.25, 0.3) is 0 Å². The number of piperidine rings is 1. The molecule has 1 aromatic rings. The predicted molar refractivity (Wildman–Crippen MR) is 144 cm³/mol. The monoisotopic (exact) mass is 531 g/mol. The molecule has 4 rings (SSSR count). The number of likely N-dealkylation sites (tertiary alicyclic amines) is 2. The number of amides is 3. The zero-order valence-corrected chi connectivity index (χ0v) is 23.6. The van der Waals surface area contributed by atoms with E-state index in [1.807, 2.05) is 44.7 Å². The maximum absolute atomic E-state index is 13.7. The summed E-state index contributed by atoms with van der Waals surface area (Å²) in [5, 5.41) is 15.4. The van der Waals surface area contributed by atoms with Crippen LogP contribution in [0.25, 0.3) is 0 Å². The van der Waals surface area contributed by atoms with Gasteiger partial charge in [0.1, 0.15) is 6.04 Å². The molecule has 7 nitrogen and oxygen atoms in total. The highest BCUT2D eigenvalue weighted by Gasteiger charge is 2.52. The highest BCUT2D eigenvalue weighted by Crippen LogP contribution is 2.47. The van der Waals surface area contributed by atoms with Gasteiger partial charge in [0.2, 0.25) is 17.7 Å². The van der Waals surface area contributed by atoms with Crippen LogP contribution in [0.1, 0.15) is 78.7 Å². The Balaban J connectivity index is 1.43. The molecule has 0 bridgehead atoms. The first kappa shape index (κ1) is 27.9. The third kappa shape index (κ3) is 5.14. The molecule has 2 heterocycles. The molecule has 2 aliphatic heterocycles. The lowest BCUT2D eigenvalue weighted by atomic mass is 9.66. The summed E-state index contributed by atoms with van der Waals surface area (Å²) in [4.78, 5) is 43.0. The van der Waals surface area contributed by atoms with E-state index in [-0.39, 0.29) is 35.1 Å². The Hall–Kier alpha value is -2.12. The summed E-state index contributed by atoms with van der Waals surface area (Å²) >= 11 is 6.05. The van der Waals surface area contributed by atoms with E-state index >= 15 is 0 Å². The molecule has 0 aromatic heterocycles. The van der Waals surface area contributed by atoms with Crippen LogP contribution in [-0.4, -0.2) is 63.8 Å². The molecule has 3 aliphatic rings. The molecule has 3 amide bonds. The van der Waals surface area contributed by atoms with Crippen LogP contribution < -0.4 is 5.32 Å². The predicted octanol–water partition coefficient (Wildman–Crippen LogP) is 4.11. The average Bonchev–Trinajstić information content (AvgIpc) is 3.46. The molecule has 8 heteroatoms. The first-order valence-electron chi connectivity index (χ1n) is 13.7. The molecule has 1 aliphatic carbocycles. The van der Waals surface area contributed by atoms with E-state index in [4.69, 9.17) is 11.6 Å². The molecule has 3 fully saturated rings. The zero-order chi connectivity index (χ0) is 27.2. The highest BCUT2D eigenvalue weighted by atomic mass is 35.5. The van der Waals surface area contributed by atoms with Gasteiger partial charge in [-0.3, -0.25) is 14.4 Å². The van der Waals surface area contributed by atoms with Crippen LogP contribution in [0.4, 0.5) is 0 Å². The van der Waals surface area contributed by atoms with Gasteiger partial charge in [-0.2, -0.15) is 0 Å². The summed E-state index contributed by atoms with van der Waals surface area (Å²) in [6.45, 7) is 11.0. The van der Waals surface area contributed by atoms with E-state index in [0.29, 0.717) is 31.0 Å². The van der Waals surface area contributed by atoms with Gasteiger partial charge in [-0.15, -0.1) is 0 Å². The van der Waals surface area contributed by atoms with Crippen molar-refractivity contribution in [1.29, 1.82) is 0 Å². The van der Waals surface area contributed by atoms with Crippen molar-refractivity contribution in [2.45, 2.75) is 90.3 Å². The van der Waals surface area contributed by atoms with Gasteiger partial charge in [0, 0.05) is 48.5 Å². The van der Waals surface area contributed by atoms with Crippen LogP contribution in [0.3, 0.4) is 0 Å². The van der Waals surface area contributed by atoms with Crippen molar-refractivity contribution >= 4 is 29.3 Å². The van der Waals surface area contributed by atoms with Crippen molar-refractivity contribution in [3.8, 4) is 0 Å². The first-order valence-corrected chi connectivity index (χ1v) is 14.0. The number of hydrogen-bond acceptors (Lipinski definition) is 4. The van der Waals surface area contributed by atoms with Gasteiger partial charge in [-0.25, -0.2) is 0 Å². The first-order chi connectivity index (χ1) is 17.3. The maximum atomic E-state index is 13.7. The van der Waals surface area contributed by atoms with Crippen molar-refractivity contribution in [3.63, 3.8) is 0 Å². The van der Waals surface area contributed by atoms with E-state index in [1.165, 1.54) is 0 Å². The van der Waals surface area contributed by atoms with Crippen molar-refractivity contribution < 1.29 is 19.5 Å². The quantitative estimate of drug-likeness (QED) is 0.598. The maximum Gasteiger partial charge on any atom is 0.245 e. The van der Waals surface area contributed by atoms with E-state index in [1.54, 1.807) is 24.0 Å². The molecule has 2 N–H and O–H groups in total. The Bertz CT molecular complexity index is 1040. The minimum atomic E-state index is -1.09. The number of nitrogens with one attached hydrogen (secondary N) is 1. The molecule has 37 heavy (non-hydrogen) atoms. The fraction of sp³-hybridized carbons (Fsp3) is 0.690. The number of carbonyl (C=O) groups is 3. The SMILES string of the molecule is CC(=O)N1CCCC12CC[C@@H](C(=O)N[C@@H](C(=O)N1CC[C@](O)(c3ccc(Cl)cc3)C(C)(C)C1)C(C)C)C2. The number of hydrogen-bond donors (Lipinski definition) is 2. The lowest BCUT2D eigenvalue weighted by Gasteiger charge is -2.51. The molecule has 0 radical (unpaired) electrons. The van der Waals surface area contributed by atoms with Gasteiger partial charge >= 0.3 is 0 Å². The van der Waals surface area contributed by atoms with Crippen LogP contribution in [0.2, 0.25) is 5.02 Å². The molecule has 1 unspecified atom stereocenters. The van der Waals surface area contributed by atoms with E-state index in [2.05, 4.69) is 5.32 Å². The molecule has 1 spiro atoms. The van der Waals surface area contributed by atoms with Crippen LogP contribution in [0.15, 0.2) is 24.3 Å². The number of halogens is 1. The summed E-state index contributed by atoms with van der Waals surface area (Å²) in [5.74, 6) is -0.379. The fourth-order valence-electron chi connectivity index (χ4n) is 6.98. The molecular formula is C29H42ClN3O4. The number of benzene rings is 1. The van der Waals surface area contributed by atoms with Gasteiger partial charge < -0.3 is 20.2 Å². The van der Waals surface area contributed by atoms with Crippen molar-refractivity contribution in [2.75, 3.05) is 19.6 Å². The fourth-order valence-corrected chi connectivity index (χ4v) is 7.11. The number of nitrogens with zero attached hydrogens (tertiary/aromatic N) is 2. The molecule has 2 saturated heterocycles. The van der Waals surface area contributed by atoms with Crippen molar-refractivity contribution in [1.82, 2.24) is 15.1 Å². The lowest BCUT2D eigenvalue weighted by molar-refractivity contribution is -0.157. The molecular weight excluding hydrogens is 490 g/mol. The summed E-state index contributed by atoms with van der Waals surface area (Å²) in [6, 6.07) is 6.63. The minimum Gasteiger partial charge on any atom is -0.384 e. The number of aliphatic hydroxyl groups is 1. The topological polar surface area (TPSA) is 90.0 Å². The lowest BCUT2D eigenvalue weighted by Crippen LogP contribution is -2.60. The Morgan fingerprint density at radius 1 is 1.08 bits per heavy atom. The van der Waals surface area contributed by atoms with Crippen LogP contribution in [0, 0.1) is 17.3 Å². The van der Waals surface area contributed by atoms with Crippen molar-refractivity contribution in [3.05, 3.63) is 34.9 Å². The molecule has 1 aromatic carbocycles. The minimum absolute atomic E-state index is 0.0767. The standard InChI is InChI=1S/C29H42ClN3O4/c1-19(2)24(31-25(35)21-11-13-28(17-21)12-6-15-33(28)20(3)34)26(36)32-16-14-29(37,27(4,5)18-32)22-7-9-23(30)10-8-22/h7-10,19,21,24,37H,6,11-18H2,1-5H3,(H,31,35)/t21-,24-,28?,29+/m1/s1. The summed E-state index contributed by atoms with van der Waals surface area (Å²) in [5.41, 5.74) is -1.10. The Kier molecular flexibility index (Phi) is 7.70. The number of rotatable bonds is 5. The Labute approximate surface area is 225 Å². The van der Waals surface area contributed by atoms with Gasteiger partial charge in [0.05, 0.1) is 5.60 Å². The third-order valence-corrected chi connectivity index (χ3v) is 9.50. The summed E-state index contributed by atoms with van der Waals surface area (Å²) in [7, 11) is 0. The molecule has 204 valence electrons. The largest absolute Gasteiger partial charge is 0.384 e. The van der Waals surface area contributed by atoms with Crippen LogP contribution in [-0.2, 0) is 20.0 Å². The second kappa shape index (κ2) is 10.2. The second-order valence-electron chi connectivity index (χ2n) is 12.4.